The third-order valence-electron chi connectivity index (χ3n) is 4.23. The first-order valence-corrected chi connectivity index (χ1v) is 7.52. The Bertz CT molecular complexity index is 527. The number of aryl methyl sites for hydroxylation is 2. The monoisotopic (exact) mass is 289 g/mol. The highest BCUT2D eigenvalue weighted by Gasteiger charge is 2.31. The maximum Gasteiger partial charge on any atom is 0.308 e. The number of aliphatic carboxylic acids is 1. The average Bonchev–Trinajstić information content (AvgIpc) is 2.45. The van der Waals surface area contributed by atoms with Crippen LogP contribution in [-0.2, 0) is 16.0 Å². The molecule has 2 atom stereocenters. The van der Waals surface area contributed by atoms with Gasteiger partial charge in [-0.3, -0.25) is 9.59 Å². The number of carbonyl (C=O) groups is 2. The molecule has 2 rings (SSSR count). The fourth-order valence-corrected chi connectivity index (χ4v) is 3.02. The molecule has 114 valence electrons. The second-order valence-electron chi connectivity index (χ2n) is 6.10. The minimum absolute atomic E-state index is 0.0658. The molecule has 0 aliphatic carbocycles. The van der Waals surface area contributed by atoms with Gasteiger partial charge in [0.25, 0.3) is 0 Å². The SMILES string of the molecule is Cc1ccccc1CCC(=O)N1CC(C)CC(C(=O)O)C1. The van der Waals surface area contributed by atoms with E-state index in [1.807, 2.05) is 38.1 Å². The minimum Gasteiger partial charge on any atom is -0.481 e. The van der Waals surface area contributed by atoms with Crippen LogP contribution in [0.3, 0.4) is 0 Å². The highest BCUT2D eigenvalue weighted by Crippen LogP contribution is 2.22. The van der Waals surface area contributed by atoms with Crippen molar-refractivity contribution in [3.63, 3.8) is 0 Å². The van der Waals surface area contributed by atoms with Gasteiger partial charge in [0.15, 0.2) is 0 Å². The van der Waals surface area contributed by atoms with E-state index < -0.39 is 11.9 Å². The van der Waals surface area contributed by atoms with E-state index in [1.165, 1.54) is 11.1 Å². The van der Waals surface area contributed by atoms with Gasteiger partial charge in [-0.05, 0) is 36.8 Å². The van der Waals surface area contributed by atoms with Crippen molar-refractivity contribution in [1.82, 2.24) is 4.90 Å². The van der Waals surface area contributed by atoms with Crippen LogP contribution in [0.15, 0.2) is 24.3 Å². The number of likely N-dealkylation sites (tertiary alicyclic amines) is 1. The summed E-state index contributed by atoms with van der Waals surface area (Å²) in [5.41, 5.74) is 2.38. The highest BCUT2D eigenvalue weighted by atomic mass is 16.4. The molecule has 0 radical (unpaired) electrons. The lowest BCUT2D eigenvalue weighted by Gasteiger charge is -2.34. The lowest BCUT2D eigenvalue weighted by atomic mass is 9.90. The Balaban J connectivity index is 1.93. The van der Waals surface area contributed by atoms with Crippen LogP contribution in [0, 0.1) is 18.8 Å². The van der Waals surface area contributed by atoms with E-state index in [-0.39, 0.29) is 11.8 Å². The fraction of sp³-hybridized carbons (Fsp3) is 0.529. The Labute approximate surface area is 125 Å². The Hall–Kier alpha value is -1.84. The Morgan fingerprint density at radius 3 is 2.67 bits per heavy atom. The summed E-state index contributed by atoms with van der Waals surface area (Å²) in [6.07, 6.45) is 1.83. The number of hydrogen-bond donors (Lipinski definition) is 1. The van der Waals surface area contributed by atoms with Crippen molar-refractivity contribution in [2.75, 3.05) is 13.1 Å². The maximum absolute atomic E-state index is 12.3. The van der Waals surface area contributed by atoms with Gasteiger partial charge in [0.2, 0.25) is 5.91 Å². The van der Waals surface area contributed by atoms with E-state index >= 15 is 0 Å². The number of carboxylic acids is 1. The number of hydrogen-bond acceptors (Lipinski definition) is 2. The molecule has 1 heterocycles. The molecular weight excluding hydrogens is 266 g/mol. The van der Waals surface area contributed by atoms with Gasteiger partial charge in [0.05, 0.1) is 5.92 Å². The predicted octanol–water partition coefficient (Wildman–Crippen LogP) is 2.50. The van der Waals surface area contributed by atoms with Crippen LogP contribution < -0.4 is 0 Å². The van der Waals surface area contributed by atoms with E-state index in [0.717, 1.165) is 0 Å². The van der Waals surface area contributed by atoms with Crippen molar-refractivity contribution in [2.45, 2.75) is 33.1 Å². The molecule has 1 aliphatic rings. The molecule has 1 aromatic carbocycles. The molecule has 0 spiro atoms. The summed E-state index contributed by atoms with van der Waals surface area (Å²) in [7, 11) is 0. The number of carbonyl (C=O) groups excluding carboxylic acids is 1. The lowest BCUT2D eigenvalue weighted by Crippen LogP contribution is -2.45. The van der Waals surface area contributed by atoms with E-state index in [9.17, 15) is 9.59 Å². The van der Waals surface area contributed by atoms with Crippen molar-refractivity contribution in [3.8, 4) is 0 Å². The first-order valence-electron chi connectivity index (χ1n) is 7.52. The zero-order valence-corrected chi connectivity index (χ0v) is 12.7. The van der Waals surface area contributed by atoms with Crippen molar-refractivity contribution in [2.24, 2.45) is 11.8 Å². The molecule has 2 unspecified atom stereocenters. The molecule has 1 aromatic rings. The number of rotatable bonds is 4. The van der Waals surface area contributed by atoms with Gasteiger partial charge in [0, 0.05) is 19.5 Å². The van der Waals surface area contributed by atoms with Gasteiger partial charge >= 0.3 is 5.97 Å². The van der Waals surface area contributed by atoms with Crippen LogP contribution in [0.1, 0.15) is 30.9 Å². The van der Waals surface area contributed by atoms with Crippen LogP contribution in [-0.4, -0.2) is 35.0 Å². The summed E-state index contributed by atoms with van der Waals surface area (Å²) < 4.78 is 0. The molecule has 1 N–H and O–H groups in total. The quantitative estimate of drug-likeness (QED) is 0.926. The predicted molar refractivity (Wildman–Crippen MR) is 81.0 cm³/mol. The van der Waals surface area contributed by atoms with Gasteiger partial charge in [-0.25, -0.2) is 0 Å². The molecule has 1 amide bonds. The molecule has 21 heavy (non-hydrogen) atoms. The van der Waals surface area contributed by atoms with Gasteiger partial charge < -0.3 is 10.0 Å². The topological polar surface area (TPSA) is 57.6 Å². The number of piperidine rings is 1. The third-order valence-corrected chi connectivity index (χ3v) is 4.23. The molecule has 0 aromatic heterocycles. The zero-order chi connectivity index (χ0) is 15.4. The number of carboxylic acid groups (broad SMARTS) is 1. The smallest absolute Gasteiger partial charge is 0.308 e. The highest BCUT2D eigenvalue weighted by molar-refractivity contribution is 5.78. The van der Waals surface area contributed by atoms with Crippen molar-refractivity contribution >= 4 is 11.9 Å². The first kappa shape index (κ1) is 15.5. The van der Waals surface area contributed by atoms with Crippen molar-refractivity contribution in [3.05, 3.63) is 35.4 Å². The van der Waals surface area contributed by atoms with E-state index in [1.54, 1.807) is 4.90 Å². The Kier molecular flexibility index (Phi) is 4.99. The summed E-state index contributed by atoms with van der Waals surface area (Å²) in [5, 5.41) is 9.16. The van der Waals surface area contributed by atoms with Crippen molar-refractivity contribution in [1.29, 1.82) is 0 Å². The van der Waals surface area contributed by atoms with Crippen LogP contribution in [0.5, 0.6) is 0 Å². The molecular formula is C17H23NO3. The van der Waals surface area contributed by atoms with Crippen LogP contribution in [0.25, 0.3) is 0 Å². The van der Waals surface area contributed by atoms with Gasteiger partial charge in [-0.2, -0.15) is 0 Å². The zero-order valence-electron chi connectivity index (χ0n) is 12.7. The summed E-state index contributed by atoms with van der Waals surface area (Å²) >= 11 is 0. The Morgan fingerprint density at radius 1 is 1.29 bits per heavy atom. The van der Waals surface area contributed by atoms with Gasteiger partial charge in [0.1, 0.15) is 0 Å². The second kappa shape index (κ2) is 6.74. The lowest BCUT2D eigenvalue weighted by molar-refractivity contribution is -0.146. The van der Waals surface area contributed by atoms with Gasteiger partial charge in [-0.15, -0.1) is 0 Å². The fourth-order valence-electron chi connectivity index (χ4n) is 3.02. The number of amides is 1. The molecule has 0 saturated carbocycles. The molecule has 1 aliphatic heterocycles. The average molecular weight is 289 g/mol. The minimum atomic E-state index is -0.793. The van der Waals surface area contributed by atoms with E-state index in [0.29, 0.717) is 32.4 Å². The van der Waals surface area contributed by atoms with E-state index in [2.05, 4.69) is 0 Å². The molecule has 4 heteroatoms. The van der Waals surface area contributed by atoms with Crippen molar-refractivity contribution < 1.29 is 14.7 Å². The van der Waals surface area contributed by atoms with E-state index in [4.69, 9.17) is 5.11 Å². The number of benzene rings is 1. The maximum atomic E-state index is 12.3. The standard InChI is InChI=1S/C17H23NO3/c1-12-9-15(17(20)21)11-18(10-12)16(19)8-7-14-6-4-3-5-13(14)2/h3-6,12,15H,7-11H2,1-2H3,(H,20,21). The third kappa shape index (κ3) is 4.06. The molecule has 1 fully saturated rings. The summed E-state index contributed by atoms with van der Waals surface area (Å²) in [5.74, 6) is -0.896. The Morgan fingerprint density at radius 2 is 2.00 bits per heavy atom. The summed E-state index contributed by atoms with van der Waals surface area (Å²) in [6, 6.07) is 8.06. The van der Waals surface area contributed by atoms with Crippen LogP contribution in [0.4, 0.5) is 0 Å². The molecule has 4 nitrogen and oxygen atoms in total. The first-order chi connectivity index (χ1) is 9.97. The van der Waals surface area contributed by atoms with Crippen LogP contribution >= 0.6 is 0 Å². The largest absolute Gasteiger partial charge is 0.481 e. The summed E-state index contributed by atoms with van der Waals surface area (Å²) in [6.45, 7) is 5.09. The second-order valence-corrected chi connectivity index (χ2v) is 6.10. The van der Waals surface area contributed by atoms with Crippen LogP contribution in [0.2, 0.25) is 0 Å². The van der Waals surface area contributed by atoms with Gasteiger partial charge in [-0.1, -0.05) is 31.2 Å². The summed E-state index contributed by atoms with van der Waals surface area (Å²) in [4.78, 5) is 25.2. The molecule has 0 bridgehead atoms. The number of nitrogens with zero attached hydrogens (tertiary/aromatic N) is 1. The normalized spacial score (nSPS) is 22.1. The molecule has 1 saturated heterocycles.